The highest BCUT2D eigenvalue weighted by atomic mass is 31.1. The summed E-state index contributed by atoms with van der Waals surface area (Å²) in [6.45, 7) is 0.317. The summed E-state index contributed by atoms with van der Waals surface area (Å²) < 4.78 is 10.4. The lowest BCUT2D eigenvalue weighted by molar-refractivity contribution is 0.590. The molecule has 0 saturated carbocycles. The molecule has 0 aliphatic carbocycles. The first-order valence-corrected chi connectivity index (χ1v) is 3.65. The van der Waals surface area contributed by atoms with Gasteiger partial charge in [-0.3, -0.25) is 9.66 Å². The first-order chi connectivity index (χ1) is 4.88. The lowest BCUT2D eigenvalue weighted by Gasteiger charge is -1.97. The Morgan fingerprint density at radius 2 is 2.70 bits per heavy atom. The minimum atomic E-state index is -0.223. The second-order valence-corrected chi connectivity index (χ2v) is 2.59. The Kier molecular flexibility index (Phi) is 2.48. The zero-order valence-corrected chi connectivity index (χ0v) is 6.08. The van der Waals surface area contributed by atoms with E-state index in [0.29, 0.717) is 12.2 Å². The Hall–Kier alpha value is -0.800. The van der Waals surface area contributed by atoms with Crippen LogP contribution in [0.3, 0.4) is 0 Å². The molecule has 1 unspecified atom stereocenters. The molecule has 0 saturated heterocycles. The summed E-state index contributed by atoms with van der Waals surface area (Å²) in [5.41, 5.74) is 5.70. The smallest absolute Gasteiger partial charge is 0.166 e. The van der Waals surface area contributed by atoms with Crippen molar-refractivity contribution in [3.63, 3.8) is 0 Å². The molecule has 1 atom stereocenters. The van der Waals surface area contributed by atoms with Crippen molar-refractivity contribution in [3.05, 3.63) is 11.9 Å². The van der Waals surface area contributed by atoms with Crippen molar-refractivity contribution in [2.75, 3.05) is 6.54 Å². The third-order valence-electron chi connectivity index (χ3n) is 1.13. The monoisotopic (exact) mass is 158 g/mol. The van der Waals surface area contributed by atoms with E-state index >= 15 is 0 Å². The number of aromatic amines is 1. The van der Waals surface area contributed by atoms with Gasteiger partial charge in [-0.25, -0.2) is 0 Å². The van der Waals surface area contributed by atoms with Crippen LogP contribution in [0.15, 0.2) is 6.20 Å². The molecular weight excluding hydrogens is 151 g/mol. The molecule has 0 spiro atoms. The van der Waals surface area contributed by atoms with Crippen LogP contribution < -0.4 is 5.73 Å². The molecule has 0 fully saturated rings. The van der Waals surface area contributed by atoms with E-state index in [1.165, 1.54) is 0 Å². The average Bonchev–Trinajstić information content (AvgIpc) is 2.43. The molecule has 0 aliphatic rings. The fraction of sp³-hybridized carbons (Fsp3) is 0.500. The molecule has 0 aliphatic heterocycles. The van der Waals surface area contributed by atoms with Gasteiger partial charge in [0, 0.05) is 12.7 Å². The molecular formula is C4H7N4OP. The van der Waals surface area contributed by atoms with Crippen LogP contribution in [0.5, 0.6) is 0 Å². The van der Waals surface area contributed by atoms with Crippen molar-refractivity contribution in [1.29, 1.82) is 0 Å². The predicted molar refractivity (Wildman–Crippen MR) is 35.8 cm³/mol. The molecule has 10 heavy (non-hydrogen) atoms. The highest BCUT2D eigenvalue weighted by molar-refractivity contribution is 7.24. The minimum Gasteiger partial charge on any atom is -0.329 e. The highest BCUT2D eigenvalue weighted by Crippen LogP contribution is 2.21. The molecule has 54 valence electrons. The summed E-state index contributed by atoms with van der Waals surface area (Å²) in [6, 6.07) is 0. The van der Waals surface area contributed by atoms with Gasteiger partial charge >= 0.3 is 0 Å². The molecule has 1 aromatic heterocycles. The van der Waals surface area contributed by atoms with Gasteiger partial charge in [0.1, 0.15) is 0 Å². The van der Waals surface area contributed by atoms with Crippen LogP contribution in [0.2, 0.25) is 0 Å². The van der Waals surface area contributed by atoms with Crippen LogP contribution in [0.1, 0.15) is 11.4 Å². The molecule has 6 heteroatoms. The Morgan fingerprint density at radius 1 is 1.90 bits per heavy atom. The van der Waals surface area contributed by atoms with Crippen LogP contribution in [-0.2, 0) is 4.57 Å². The van der Waals surface area contributed by atoms with E-state index in [9.17, 15) is 4.57 Å². The first kappa shape index (κ1) is 7.31. The quantitative estimate of drug-likeness (QED) is 0.610. The van der Waals surface area contributed by atoms with Crippen LogP contribution in [0.4, 0.5) is 0 Å². The number of aromatic nitrogens is 3. The summed E-state index contributed by atoms with van der Waals surface area (Å²) in [5, 5.41) is 9.65. The van der Waals surface area contributed by atoms with E-state index in [1.807, 2.05) is 0 Å². The van der Waals surface area contributed by atoms with Crippen LogP contribution in [-0.4, -0.2) is 22.0 Å². The third-order valence-corrected chi connectivity index (χ3v) is 1.86. The summed E-state index contributed by atoms with van der Waals surface area (Å²) in [6.07, 6.45) is 1.59. The van der Waals surface area contributed by atoms with E-state index in [2.05, 4.69) is 15.4 Å². The summed E-state index contributed by atoms with van der Waals surface area (Å²) in [5.74, 6) is 0. The van der Waals surface area contributed by atoms with Crippen LogP contribution in [0.25, 0.3) is 0 Å². The molecule has 1 rings (SSSR count). The highest BCUT2D eigenvalue weighted by Gasteiger charge is 2.11. The Bertz CT molecular complexity index is 199. The fourth-order valence-corrected chi connectivity index (χ4v) is 0.911. The number of H-pyrrole nitrogens is 1. The second kappa shape index (κ2) is 3.39. The van der Waals surface area contributed by atoms with Crippen LogP contribution in [0, 0.1) is 0 Å². The Balaban J connectivity index is 2.73. The van der Waals surface area contributed by atoms with Gasteiger partial charge in [0.2, 0.25) is 0 Å². The summed E-state index contributed by atoms with van der Waals surface area (Å²) in [4.78, 5) is 0. The van der Waals surface area contributed by atoms with Crippen LogP contribution >= 0.6 is 8.46 Å². The minimum absolute atomic E-state index is 0.0120. The van der Waals surface area contributed by atoms with E-state index in [4.69, 9.17) is 5.73 Å². The number of hydrogen-bond donors (Lipinski definition) is 2. The largest absolute Gasteiger partial charge is 0.329 e. The topological polar surface area (TPSA) is 84.7 Å². The van der Waals surface area contributed by atoms with Gasteiger partial charge < -0.3 is 5.73 Å². The molecule has 0 aromatic carbocycles. The lowest BCUT2D eigenvalue weighted by Crippen LogP contribution is -2.07. The number of hydrogen-bond acceptors (Lipinski definition) is 4. The van der Waals surface area contributed by atoms with Crippen molar-refractivity contribution in [2.24, 2.45) is 5.73 Å². The first-order valence-electron chi connectivity index (χ1n) is 2.77. The van der Waals surface area contributed by atoms with Crippen molar-refractivity contribution in [2.45, 2.75) is 5.66 Å². The number of rotatable bonds is 3. The van der Waals surface area contributed by atoms with Gasteiger partial charge in [-0.1, -0.05) is 5.21 Å². The Labute approximate surface area is 59.2 Å². The third kappa shape index (κ3) is 1.37. The van der Waals surface area contributed by atoms with Gasteiger partial charge in [0.15, 0.2) is 8.46 Å². The van der Waals surface area contributed by atoms with E-state index in [0.717, 1.165) is 0 Å². The average molecular weight is 158 g/mol. The molecule has 0 bridgehead atoms. The van der Waals surface area contributed by atoms with Crippen molar-refractivity contribution in [3.8, 4) is 0 Å². The van der Waals surface area contributed by atoms with Gasteiger partial charge in [-0.05, 0) is 0 Å². The van der Waals surface area contributed by atoms with Crippen molar-refractivity contribution < 1.29 is 4.57 Å². The standard InChI is InChI=1S/C4H7N4OP/c5-1-4(10-9)3-2-6-8-7-3/h2,4H,1,5H2,(H,6,7,8). The zero-order valence-electron chi connectivity index (χ0n) is 5.19. The number of nitrogens with one attached hydrogen (secondary N) is 1. The van der Waals surface area contributed by atoms with Gasteiger partial charge in [-0.2, -0.15) is 0 Å². The molecule has 3 N–H and O–H groups in total. The van der Waals surface area contributed by atoms with Gasteiger partial charge in [-0.15, -0.1) is 5.10 Å². The summed E-state index contributed by atoms with van der Waals surface area (Å²) in [7, 11) is -0.0120. The number of nitrogens with two attached hydrogens (primary N) is 1. The zero-order chi connectivity index (χ0) is 7.40. The molecule has 1 heterocycles. The molecule has 0 radical (unpaired) electrons. The maximum Gasteiger partial charge on any atom is 0.166 e. The Morgan fingerprint density at radius 3 is 3.10 bits per heavy atom. The summed E-state index contributed by atoms with van der Waals surface area (Å²) >= 11 is 0. The van der Waals surface area contributed by atoms with Gasteiger partial charge in [0.05, 0.1) is 11.4 Å². The SMILES string of the molecule is NCC(P=O)c1c[nH]nn1. The van der Waals surface area contributed by atoms with E-state index < -0.39 is 0 Å². The second-order valence-electron chi connectivity index (χ2n) is 1.76. The maximum absolute atomic E-state index is 10.4. The normalized spacial score (nSPS) is 13.7. The number of nitrogens with zero attached hydrogens (tertiary/aromatic N) is 2. The molecule has 5 nitrogen and oxygen atoms in total. The van der Waals surface area contributed by atoms with Crippen molar-refractivity contribution in [1.82, 2.24) is 15.4 Å². The van der Waals surface area contributed by atoms with Crippen molar-refractivity contribution >= 4 is 8.46 Å². The lowest BCUT2D eigenvalue weighted by atomic mass is 10.3. The van der Waals surface area contributed by atoms with E-state index in [-0.39, 0.29) is 14.1 Å². The maximum atomic E-state index is 10.4. The van der Waals surface area contributed by atoms with E-state index in [1.54, 1.807) is 6.20 Å². The molecule has 1 aromatic rings. The molecule has 0 amide bonds. The fourth-order valence-electron chi connectivity index (χ4n) is 0.591. The predicted octanol–water partition coefficient (Wildman–Crippen LogP) is 0.0962. The van der Waals surface area contributed by atoms with Gasteiger partial charge in [0.25, 0.3) is 0 Å².